The molecule has 0 radical (unpaired) electrons. The van der Waals surface area contributed by atoms with Crippen molar-refractivity contribution in [3.05, 3.63) is 102 Å². The monoisotopic (exact) mass is 348 g/mol. The fourth-order valence-corrected chi connectivity index (χ4v) is 2.11. The molecule has 0 saturated heterocycles. The molecule has 0 aliphatic heterocycles. The highest BCUT2D eigenvalue weighted by molar-refractivity contribution is 6.58. The summed E-state index contributed by atoms with van der Waals surface area (Å²) in [7, 11) is -1.35. The van der Waals surface area contributed by atoms with Gasteiger partial charge in [0.25, 0.3) is 0 Å². The van der Waals surface area contributed by atoms with Gasteiger partial charge in [0, 0.05) is 0 Å². The van der Waals surface area contributed by atoms with Gasteiger partial charge in [0.15, 0.2) is 0 Å². The molecule has 0 aliphatic carbocycles. The van der Waals surface area contributed by atoms with E-state index in [4.69, 9.17) is 10.0 Å². The fraction of sp³-hybridized carbons (Fsp3) is 0.217. The van der Waals surface area contributed by atoms with E-state index < -0.39 is 7.12 Å². The topological polar surface area (TPSA) is 40.5 Å². The van der Waals surface area contributed by atoms with E-state index in [1.807, 2.05) is 43.3 Å². The first-order valence-corrected chi connectivity index (χ1v) is 8.89. The first-order valence-electron chi connectivity index (χ1n) is 8.89. The lowest BCUT2D eigenvalue weighted by Crippen LogP contribution is -2.29. The van der Waals surface area contributed by atoms with E-state index in [0.29, 0.717) is 11.4 Å². The third kappa shape index (κ3) is 9.21. The van der Waals surface area contributed by atoms with E-state index in [1.54, 1.807) is 12.1 Å². The molecule has 0 saturated carbocycles. The van der Waals surface area contributed by atoms with Crippen LogP contribution in [0.15, 0.2) is 84.9 Å². The lowest BCUT2D eigenvalue weighted by Gasteiger charge is -2.01. The molecule has 0 spiro atoms. The minimum Gasteiger partial charge on any atom is -0.423 e. The Morgan fingerprint density at radius 3 is 1.35 bits per heavy atom. The van der Waals surface area contributed by atoms with E-state index in [2.05, 4.69) is 57.2 Å². The molecule has 2 N–H and O–H groups in total. The second-order valence-corrected chi connectivity index (χ2v) is 6.50. The van der Waals surface area contributed by atoms with Crippen LogP contribution in [0.1, 0.15) is 36.5 Å². The smallest absolute Gasteiger partial charge is 0.423 e. The van der Waals surface area contributed by atoms with Crippen molar-refractivity contribution in [2.24, 2.45) is 0 Å². The molecule has 0 aromatic heterocycles. The summed E-state index contributed by atoms with van der Waals surface area (Å²) < 4.78 is 0. The number of benzene rings is 3. The van der Waals surface area contributed by atoms with Gasteiger partial charge >= 0.3 is 7.12 Å². The van der Waals surface area contributed by atoms with Gasteiger partial charge in [-0.1, -0.05) is 110 Å². The van der Waals surface area contributed by atoms with Gasteiger partial charge in [0.2, 0.25) is 0 Å². The molecule has 3 aromatic carbocycles. The van der Waals surface area contributed by atoms with E-state index in [-0.39, 0.29) is 0 Å². The zero-order valence-corrected chi connectivity index (χ0v) is 16.1. The lowest BCUT2D eigenvalue weighted by atomic mass is 9.80. The second kappa shape index (κ2) is 12.1. The van der Waals surface area contributed by atoms with E-state index >= 15 is 0 Å². The Morgan fingerprint density at radius 2 is 1.04 bits per heavy atom. The summed E-state index contributed by atoms with van der Waals surface area (Å²) in [5.74, 6) is 0.659. The first-order chi connectivity index (χ1) is 12.4. The average Bonchev–Trinajstić information content (AvgIpc) is 2.64. The van der Waals surface area contributed by atoms with Crippen LogP contribution in [-0.4, -0.2) is 17.2 Å². The van der Waals surface area contributed by atoms with Crippen LogP contribution in [0, 0.1) is 13.8 Å². The maximum atomic E-state index is 8.67. The first kappa shape index (κ1) is 21.7. The quantitative estimate of drug-likeness (QED) is 0.671. The summed E-state index contributed by atoms with van der Waals surface area (Å²) in [5, 5.41) is 17.3. The van der Waals surface area contributed by atoms with Crippen molar-refractivity contribution in [3.8, 4) is 0 Å². The SMILES string of the molecule is CC(C)c1ccccc1.Cc1ccc(B(O)O)cc1.Cc1ccccc1. The molecule has 0 heterocycles. The van der Waals surface area contributed by atoms with E-state index in [1.165, 1.54) is 11.1 Å². The van der Waals surface area contributed by atoms with Crippen LogP contribution < -0.4 is 5.46 Å². The van der Waals surface area contributed by atoms with Crippen molar-refractivity contribution < 1.29 is 10.0 Å². The minimum atomic E-state index is -1.35. The van der Waals surface area contributed by atoms with Crippen LogP contribution in [0.25, 0.3) is 0 Å². The Labute approximate surface area is 158 Å². The molecule has 0 bridgehead atoms. The van der Waals surface area contributed by atoms with Crippen molar-refractivity contribution in [2.45, 2.75) is 33.6 Å². The van der Waals surface area contributed by atoms with Gasteiger partial charge in [-0.25, -0.2) is 0 Å². The molecular weight excluding hydrogens is 319 g/mol. The Morgan fingerprint density at radius 1 is 0.615 bits per heavy atom. The van der Waals surface area contributed by atoms with Gasteiger partial charge in [-0.05, 0) is 30.8 Å². The van der Waals surface area contributed by atoms with Crippen molar-refractivity contribution >= 4 is 12.6 Å². The Kier molecular flexibility index (Phi) is 10.1. The van der Waals surface area contributed by atoms with Gasteiger partial charge in [-0.3, -0.25) is 0 Å². The normalized spacial score (nSPS) is 9.50. The molecular formula is C23H29BO2. The van der Waals surface area contributed by atoms with Crippen molar-refractivity contribution in [2.75, 3.05) is 0 Å². The summed E-state index contributed by atoms with van der Waals surface area (Å²) in [6.07, 6.45) is 0. The van der Waals surface area contributed by atoms with Crippen molar-refractivity contribution in [3.63, 3.8) is 0 Å². The van der Waals surface area contributed by atoms with Crippen molar-refractivity contribution in [1.82, 2.24) is 0 Å². The molecule has 2 nitrogen and oxygen atoms in total. The molecule has 0 fully saturated rings. The summed E-state index contributed by atoms with van der Waals surface area (Å²) in [6.45, 7) is 8.44. The molecule has 26 heavy (non-hydrogen) atoms. The summed E-state index contributed by atoms with van der Waals surface area (Å²) >= 11 is 0. The number of aryl methyl sites for hydroxylation is 2. The van der Waals surface area contributed by atoms with Gasteiger partial charge in [-0.2, -0.15) is 0 Å². The van der Waals surface area contributed by atoms with Crippen LogP contribution in [0.5, 0.6) is 0 Å². The Balaban J connectivity index is 0.000000198. The van der Waals surface area contributed by atoms with Crippen molar-refractivity contribution in [1.29, 1.82) is 0 Å². The van der Waals surface area contributed by atoms with Gasteiger partial charge < -0.3 is 10.0 Å². The van der Waals surface area contributed by atoms with Crippen LogP contribution >= 0.6 is 0 Å². The molecule has 0 unspecified atom stereocenters. The number of hydrogen-bond acceptors (Lipinski definition) is 2. The predicted octanol–water partition coefficient (Wildman–Crippen LogP) is 4.48. The summed E-state index contributed by atoms with van der Waals surface area (Å²) in [6, 6.07) is 27.9. The van der Waals surface area contributed by atoms with Crippen LogP contribution in [0.4, 0.5) is 0 Å². The third-order valence-electron chi connectivity index (χ3n) is 3.78. The zero-order valence-electron chi connectivity index (χ0n) is 16.1. The molecule has 0 atom stereocenters. The lowest BCUT2D eigenvalue weighted by molar-refractivity contribution is 0.426. The molecule has 0 aliphatic rings. The maximum absolute atomic E-state index is 8.67. The highest BCUT2D eigenvalue weighted by Gasteiger charge is 2.08. The summed E-state index contributed by atoms with van der Waals surface area (Å²) in [5.41, 5.74) is 4.38. The number of hydrogen-bond donors (Lipinski definition) is 2. The van der Waals surface area contributed by atoms with E-state index in [9.17, 15) is 0 Å². The molecule has 0 amide bonds. The molecule has 136 valence electrons. The largest absolute Gasteiger partial charge is 0.488 e. The highest BCUT2D eigenvalue weighted by Crippen LogP contribution is 2.11. The van der Waals surface area contributed by atoms with Crippen LogP contribution in [-0.2, 0) is 0 Å². The Bertz CT molecular complexity index is 708. The second-order valence-electron chi connectivity index (χ2n) is 6.50. The predicted molar refractivity (Wildman–Crippen MR) is 113 cm³/mol. The third-order valence-corrected chi connectivity index (χ3v) is 3.78. The maximum Gasteiger partial charge on any atom is 0.488 e. The minimum absolute atomic E-state index is 0.533. The van der Waals surface area contributed by atoms with Gasteiger partial charge in [0.05, 0.1) is 0 Å². The van der Waals surface area contributed by atoms with Crippen LogP contribution in [0.3, 0.4) is 0 Å². The summed E-state index contributed by atoms with van der Waals surface area (Å²) in [4.78, 5) is 0. The Hall–Kier alpha value is -2.36. The fourth-order valence-electron chi connectivity index (χ4n) is 2.11. The number of rotatable bonds is 2. The van der Waals surface area contributed by atoms with Gasteiger partial charge in [-0.15, -0.1) is 0 Å². The standard InChI is InChI=1S/C9H12.C7H9BO2.C7H8/c1-8(2)9-6-4-3-5-7-9;1-6-2-4-7(5-3-6)8(9)10;1-7-5-3-2-4-6-7/h3-8H,1-2H3;2-5,9-10H,1H3;2-6H,1H3. The zero-order chi connectivity index (χ0) is 19.4. The molecule has 3 aromatic rings. The van der Waals surface area contributed by atoms with E-state index in [0.717, 1.165) is 5.56 Å². The molecule has 3 rings (SSSR count). The molecule has 3 heteroatoms. The highest BCUT2D eigenvalue weighted by atomic mass is 16.4. The average molecular weight is 348 g/mol. The van der Waals surface area contributed by atoms with Crippen LogP contribution in [0.2, 0.25) is 0 Å². The van der Waals surface area contributed by atoms with Gasteiger partial charge in [0.1, 0.15) is 0 Å².